The van der Waals surface area contributed by atoms with Crippen LogP contribution in [-0.2, 0) is 0 Å². The van der Waals surface area contributed by atoms with Gasteiger partial charge in [0.25, 0.3) is 0 Å². The fraction of sp³-hybridized carbons (Fsp3) is 0.364. The van der Waals surface area contributed by atoms with Crippen LogP contribution in [0, 0.1) is 11.3 Å². The van der Waals surface area contributed by atoms with Crippen molar-refractivity contribution in [1.29, 1.82) is 5.26 Å². The quantitative estimate of drug-likeness (QED) is 0.853. The molecule has 0 heterocycles. The molecule has 3 nitrogen and oxygen atoms in total. The summed E-state index contributed by atoms with van der Waals surface area (Å²) in [6, 6.07) is 9.30. The van der Waals surface area contributed by atoms with Crippen LogP contribution in [-0.4, -0.2) is 12.1 Å². The van der Waals surface area contributed by atoms with E-state index < -0.39 is 0 Å². The molecular formula is C11H13ClN2O. The minimum atomic E-state index is -0.136. The van der Waals surface area contributed by atoms with Crippen LogP contribution < -0.4 is 10.5 Å². The zero-order valence-electron chi connectivity index (χ0n) is 8.27. The van der Waals surface area contributed by atoms with Crippen LogP contribution in [0.4, 0.5) is 0 Å². The van der Waals surface area contributed by atoms with E-state index in [1.54, 1.807) is 12.1 Å². The van der Waals surface area contributed by atoms with Gasteiger partial charge >= 0.3 is 0 Å². The predicted molar refractivity (Wildman–Crippen MR) is 60.1 cm³/mol. The fourth-order valence-corrected chi connectivity index (χ4v) is 1.21. The number of halogens is 1. The van der Waals surface area contributed by atoms with Gasteiger partial charge in [-0.2, -0.15) is 5.26 Å². The molecule has 2 rings (SSSR count). The average molecular weight is 225 g/mol. The van der Waals surface area contributed by atoms with Crippen molar-refractivity contribution >= 4 is 12.4 Å². The Morgan fingerprint density at radius 3 is 2.67 bits per heavy atom. The van der Waals surface area contributed by atoms with Gasteiger partial charge in [-0.15, -0.1) is 12.4 Å². The smallest absolute Gasteiger partial charge is 0.137 e. The molecule has 2 N–H and O–H groups in total. The van der Waals surface area contributed by atoms with Gasteiger partial charge in [0.05, 0.1) is 11.1 Å². The molecule has 0 atom stereocenters. The molecule has 1 aromatic rings. The number of nitriles is 1. The van der Waals surface area contributed by atoms with E-state index in [4.69, 9.17) is 15.7 Å². The maximum atomic E-state index is 8.80. The maximum absolute atomic E-state index is 8.80. The van der Waals surface area contributed by atoms with Gasteiger partial charge in [-0.05, 0) is 25.0 Å². The minimum Gasteiger partial charge on any atom is -0.490 e. The van der Waals surface area contributed by atoms with Crippen LogP contribution in [0.1, 0.15) is 18.4 Å². The Morgan fingerprint density at radius 2 is 2.07 bits per heavy atom. The molecule has 0 amide bonds. The topological polar surface area (TPSA) is 59.0 Å². The molecule has 1 aliphatic rings. The van der Waals surface area contributed by atoms with Crippen molar-refractivity contribution in [3.8, 4) is 11.8 Å². The van der Waals surface area contributed by atoms with Crippen molar-refractivity contribution in [2.24, 2.45) is 5.73 Å². The number of rotatable bonds is 3. The average Bonchev–Trinajstić information content (AvgIpc) is 2.95. The lowest BCUT2D eigenvalue weighted by Crippen LogP contribution is -2.29. The van der Waals surface area contributed by atoms with Crippen molar-refractivity contribution in [2.75, 3.05) is 6.61 Å². The zero-order chi connectivity index (χ0) is 10.0. The van der Waals surface area contributed by atoms with E-state index in [-0.39, 0.29) is 17.9 Å². The third-order valence-corrected chi connectivity index (χ3v) is 2.41. The highest BCUT2D eigenvalue weighted by Gasteiger charge is 2.39. The summed E-state index contributed by atoms with van der Waals surface area (Å²) in [5.41, 5.74) is 6.31. The van der Waals surface area contributed by atoms with E-state index in [2.05, 4.69) is 6.07 Å². The van der Waals surface area contributed by atoms with Gasteiger partial charge < -0.3 is 10.5 Å². The highest BCUT2D eigenvalue weighted by molar-refractivity contribution is 5.85. The molecule has 0 saturated heterocycles. The number of nitrogens with two attached hydrogens (primary N) is 1. The molecule has 0 aromatic heterocycles. The third kappa shape index (κ3) is 2.85. The van der Waals surface area contributed by atoms with Crippen LogP contribution in [0.2, 0.25) is 0 Å². The van der Waals surface area contributed by atoms with Crippen molar-refractivity contribution in [3.05, 3.63) is 29.8 Å². The third-order valence-electron chi connectivity index (χ3n) is 2.41. The minimum absolute atomic E-state index is 0. The second-order valence-corrected chi connectivity index (χ2v) is 3.76. The molecular weight excluding hydrogens is 212 g/mol. The number of hydrogen-bond donors (Lipinski definition) is 1. The molecule has 1 saturated carbocycles. The summed E-state index contributed by atoms with van der Waals surface area (Å²) in [5.74, 6) is 0.631. The lowest BCUT2D eigenvalue weighted by atomic mass is 10.2. The number of para-hydroxylation sites is 1. The Morgan fingerprint density at radius 1 is 1.40 bits per heavy atom. The van der Waals surface area contributed by atoms with Crippen molar-refractivity contribution < 1.29 is 4.74 Å². The summed E-state index contributed by atoms with van der Waals surface area (Å²) in [5, 5.41) is 8.80. The Kier molecular flexibility index (Phi) is 3.57. The van der Waals surface area contributed by atoms with Crippen LogP contribution in [0.3, 0.4) is 0 Å². The van der Waals surface area contributed by atoms with Gasteiger partial charge in [-0.3, -0.25) is 0 Å². The first kappa shape index (κ1) is 11.8. The monoisotopic (exact) mass is 224 g/mol. The summed E-state index contributed by atoms with van der Waals surface area (Å²) in [7, 11) is 0. The van der Waals surface area contributed by atoms with Crippen molar-refractivity contribution in [3.63, 3.8) is 0 Å². The van der Waals surface area contributed by atoms with E-state index in [0.29, 0.717) is 17.9 Å². The van der Waals surface area contributed by atoms with Gasteiger partial charge in [0.1, 0.15) is 18.4 Å². The Labute approximate surface area is 95.2 Å². The first-order valence-electron chi connectivity index (χ1n) is 4.64. The van der Waals surface area contributed by atoms with Crippen molar-refractivity contribution in [1.82, 2.24) is 0 Å². The van der Waals surface area contributed by atoms with E-state index in [1.807, 2.05) is 12.1 Å². The van der Waals surface area contributed by atoms with Gasteiger partial charge in [0.15, 0.2) is 0 Å². The molecule has 0 radical (unpaired) electrons. The molecule has 0 unspecified atom stereocenters. The summed E-state index contributed by atoms with van der Waals surface area (Å²) < 4.78 is 5.51. The van der Waals surface area contributed by atoms with E-state index in [0.717, 1.165) is 12.8 Å². The first-order chi connectivity index (χ1) is 6.73. The Bertz CT molecular complexity index is 382. The molecule has 1 aliphatic carbocycles. The predicted octanol–water partition coefficient (Wildman–Crippen LogP) is 1.85. The highest BCUT2D eigenvalue weighted by Crippen LogP contribution is 2.33. The standard InChI is InChI=1S/C11H12N2O.ClH/c12-7-9-3-1-2-4-10(9)14-8-11(13)5-6-11;/h1-4H,5-6,8,13H2;1H. The van der Waals surface area contributed by atoms with Gasteiger partial charge in [0.2, 0.25) is 0 Å². The summed E-state index contributed by atoms with van der Waals surface area (Å²) >= 11 is 0. The Balaban J connectivity index is 0.00000112. The van der Waals surface area contributed by atoms with Gasteiger partial charge in [-0.1, -0.05) is 12.1 Å². The first-order valence-corrected chi connectivity index (χ1v) is 4.64. The SMILES string of the molecule is Cl.N#Cc1ccccc1OCC1(N)CC1. The second kappa shape index (κ2) is 4.52. The molecule has 1 fully saturated rings. The molecule has 0 aliphatic heterocycles. The van der Waals surface area contributed by atoms with Crippen LogP contribution in [0.25, 0.3) is 0 Å². The molecule has 0 bridgehead atoms. The molecule has 4 heteroatoms. The lowest BCUT2D eigenvalue weighted by Gasteiger charge is -2.11. The van der Waals surface area contributed by atoms with Crippen LogP contribution in [0.15, 0.2) is 24.3 Å². The van der Waals surface area contributed by atoms with Crippen LogP contribution in [0.5, 0.6) is 5.75 Å². The molecule has 0 spiro atoms. The number of ether oxygens (including phenoxy) is 1. The van der Waals surface area contributed by atoms with Crippen LogP contribution >= 0.6 is 12.4 Å². The second-order valence-electron chi connectivity index (χ2n) is 3.76. The zero-order valence-corrected chi connectivity index (χ0v) is 9.09. The maximum Gasteiger partial charge on any atom is 0.137 e. The Hall–Kier alpha value is -1.24. The number of nitrogens with zero attached hydrogens (tertiary/aromatic N) is 1. The number of hydrogen-bond acceptors (Lipinski definition) is 3. The van der Waals surface area contributed by atoms with E-state index >= 15 is 0 Å². The highest BCUT2D eigenvalue weighted by atomic mass is 35.5. The molecule has 80 valence electrons. The lowest BCUT2D eigenvalue weighted by molar-refractivity contribution is 0.279. The van der Waals surface area contributed by atoms with E-state index in [9.17, 15) is 0 Å². The molecule has 1 aromatic carbocycles. The summed E-state index contributed by atoms with van der Waals surface area (Å²) in [6.45, 7) is 0.506. The summed E-state index contributed by atoms with van der Waals surface area (Å²) in [4.78, 5) is 0. The van der Waals surface area contributed by atoms with Gasteiger partial charge in [0, 0.05) is 0 Å². The largest absolute Gasteiger partial charge is 0.490 e. The number of benzene rings is 1. The van der Waals surface area contributed by atoms with E-state index in [1.165, 1.54) is 0 Å². The van der Waals surface area contributed by atoms with Gasteiger partial charge in [-0.25, -0.2) is 0 Å². The van der Waals surface area contributed by atoms with Crippen molar-refractivity contribution in [2.45, 2.75) is 18.4 Å². The fourth-order valence-electron chi connectivity index (χ4n) is 1.21. The summed E-state index contributed by atoms with van der Waals surface area (Å²) in [6.07, 6.45) is 2.03. The molecule has 15 heavy (non-hydrogen) atoms. The normalized spacial score (nSPS) is 16.0.